The monoisotopic (exact) mass is 366 g/mol. The Hall–Kier alpha value is -3.61. The Kier molecular flexibility index (Phi) is 5.21. The number of nitrogens with one attached hydrogen (secondary N) is 1. The molecule has 0 unspecified atom stereocenters. The molecule has 0 aliphatic heterocycles. The van der Waals surface area contributed by atoms with Crippen LogP contribution in [-0.4, -0.2) is 25.0 Å². The minimum Gasteiger partial charge on any atom is -0.497 e. The summed E-state index contributed by atoms with van der Waals surface area (Å²) in [5, 5.41) is 3.25. The molecule has 7 heteroatoms. The highest BCUT2D eigenvalue weighted by molar-refractivity contribution is 5.97. The lowest BCUT2D eigenvalue weighted by Crippen LogP contribution is -2.46. The number of rotatable bonds is 6. The molecule has 3 aromatic rings. The quantitative estimate of drug-likeness (QED) is 0.644. The first-order chi connectivity index (χ1) is 13.0. The Labute approximate surface area is 154 Å². The van der Waals surface area contributed by atoms with Gasteiger partial charge in [-0.2, -0.15) is 0 Å². The van der Waals surface area contributed by atoms with Gasteiger partial charge >= 0.3 is 5.63 Å². The van der Waals surface area contributed by atoms with E-state index in [1.54, 1.807) is 48.5 Å². The van der Waals surface area contributed by atoms with Crippen LogP contribution in [0.4, 0.5) is 0 Å². The van der Waals surface area contributed by atoms with Gasteiger partial charge in [0, 0.05) is 29.5 Å². The maximum atomic E-state index is 12.3. The summed E-state index contributed by atoms with van der Waals surface area (Å²) in [6, 6.07) is 13.8. The van der Waals surface area contributed by atoms with Gasteiger partial charge in [-0.15, -0.1) is 0 Å². The van der Waals surface area contributed by atoms with Crippen LogP contribution >= 0.6 is 0 Å². The number of ether oxygens (including phenoxy) is 1. The van der Waals surface area contributed by atoms with E-state index in [9.17, 15) is 14.4 Å². The molecule has 7 nitrogen and oxygen atoms in total. The van der Waals surface area contributed by atoms with Gasteiger partial charge in [0.1, 0.15) is 17.4 Å². The van der Waals surface area contributed by atoms with E-state index in [-0.39, 0.29) is 6.42 Å². The summed E-state index contributed by atoms with van der Waals surface area (Å²) in [4.78, 5) is 36.1. The van der Waals surface area contributed by atoms with Crippen LogP contribution < -0.4 is 21.4 Å². The van der Waals surface area contributed by atoms with E-state index in [1.807, 2.05) is 0 Å². The summed E-state index contributed by atoms with van der Waals surface area (Å²) >= 11 is 0. The zero-order valence-corrected chi connectivity index (χ0v) is 14.6. The topological polar surface area (TPSA) is 112 Å². The minimum absolute atomic E-state index is 0.0579. The molecule has 2 amide bonds. The lowest BCUT2D eigenvalue weighted by Gasteiger charge is -2.16. The molecule has 0 radical (unpaired) electrons. The Morgan fingerprint density at radius 1 is 1.15 bits per heavy atom. The van der Waals surface area contributed by atoms with E-state index in [4.69, 9.17) is 14.9 Å². The van der Waals surface area contributed by atoms with Crippen LogP contribution in [0, 0.1) is 0 Å². The lowest BCUT2D eigenvalue weighted by molar-refractivity contribution is -0.119. The molecule has 138 valence electrons. The largest absolute Gasteiger partial charge is 0.497 e. The fraction of sp³-hybridized carbons (Fsp3) is 0.150. The second-order valence-corrected chi connectivity index (χ2v) is 5.95. The Balaban J connectivity index is 1.92. The normalized spacial score (nSPS) is 11.7. The van der Waals surface area contributed by atoms with E-state index < -0.39 is 23.5 Å². The fourth-order valence-electron chi connectivity index (χ4n) is 2.78. The second-order valence-electron chi connectivity index (χ2n) is 5.95. The molecule has 0 saturated heterocycles. The van der Waals surface area contributed by atoms with Crippen molar-refractivity contribution in [1.29, 1.82) is 0 Å². The number of methoxy groups -OCH3 is 1. The van der Waals surface area contributed by atoms with Gasteiger partial charge in [-0.3, -0.25) is 9.59 Å². The van der Waals surface area contributed by atoms with Crippen molar-refractivity contribution < 1.29 is 18.7 Å². The number of amides is 2. The first-order valence-electron chi connectivity index (χ1n) is 8.24. The number of benzene rings is 2. The molecule has 3 N–H and O–H groups in total. The number of fused-ring (bicyclic) bond motifs is 1. The Bertz CT molecular complexity index is 1040. The molecule has 0 bridgehead atoms. The van der Waals surface area contributed by atoms with Gasteiger partial charge in [0.15, 0.2) is 0 Å². The van der Waals surface area contributed by atoms with Crippen molar-refractivity contribution >= 4 is 22.8 Å². The van der Waals surface area contributed by atoms with Crippen molar-refractivity contribution in [3.63, 3.8) is 0 Å². The van der Waals surface area contributed by atoms with Crippen molar-refractivity contribution in [2.75, 3.05) is 7.11 Å². The van der Waals surface area contributed by atoms with E-state index in [2.05, 4.69) is 5.32 Å². The third-order valence-electron chi connectivity index (χ3n) is 4.15. The van der Waals surface area contributed by atoms with Crippen LogP contribution in [0.25, 0.3) is 11.0 Å². The van der Waals surface area contributed by atoms with Gasteiger partial charge < -0.3 is 20.2 Å². The zero-order chi connectivity index (χ0) is 19.4. The number of carbonyl (C=O) groups excluding carboxylic acids is 2. The average molecular weight is 366 g/mol. The number of hydrogen-bond acceptors (Lipinski definition) is 5. The molecule has 0 fully saturated rings. The van der Waals surface area contributed by atoms with Gasteiger partial charge in [-0.25, -0.2) is 4.79 Å². The SMILES string of the molecule is COc1ccc2c(C[C@H](NC(=O)c3ccccc3)C(N)=O)cc(=O)oc2c1. The van der Waals surface area contributed by atoms with E-state index in [1.165, 1.54) is 13.2 Å². The summed E-state index contributed by atoms with van der Waals surface area (Å²) in [6.45, 7) is 0. The molecule has 2 aromatic carbocycles. The number of nitrogens with two attached hydrogens (primary N) is 1. The molecule has 3 rings (SSSR count). The highest BCUT2D eigenvalue weighted by atomic mass is 16.5. The molecule has 1 aromatic heterocycles. The highest BCUT2D eigenvalue weighted by Gasteiger charge is 2.21. The molecule has 0 aliphatic carbocycles. The van der Waals surface area contributed by atoms with Crippen LogP contribution in [0.3, 0.4) is 0 Å². The minimum atomic E-state index is -0.982. The molecular formula is C20H18N2O5. The summed E-state index contributed by atoms with van der Waals surface area (Å²) in [7, 11) is 1.51. The number of primary amides is 1. The Morgan fingerprint density at radius 3 is 2.56 bits per heavy atom. The molecule has 0 aliphatic rings. The predicted molar refractivity (Wildman–Crippen MR) is 99.6 cm³/mol. The third kappa shape index (κ3) is 4.14. The fourth-order valence-corrected chi connectivity index (χ4v) is 2.78. The maximum Gasteiger partial charge on any atom is 0.336 e. The Morgan fingerprint density at radius 2 is 1.89 bits per heavy atom. The molecule has 0 saturated carbocycles. The van der Waals surface area contributed by atoms with Crippen LogP contribution in [0.15, 0.2) is 63.8 Å². The van der Waals surface area contributed by atoms with Crippen LogP contribution in [-0.2, 0) is 11.2 Å². The van der Waals surface area contributed by atoms with Gasteiger partial charge in [0.2, 0.25) is 5.91 Å². The number of carbonyl (C=O) groups is 2. The third-order valence-corrected chi connectivity index (χ3v) is 4.15. The van der Waals surface area contributed by atoms with Crippen LogP contribution in [0.2, 0.25) is 0 Å². The van der Waals surface area contributed by atoms with Gasteiger partial charge in [0.05, 0.1) is 7.11 Å². The van der Waals surface area contributed by atoms with Gasteiger partial charge in [0.25, 0.3) is 5.91 Å². The molecule has 1 atom stereocenters. The first-order valence-corrected chi connectivity index (χ1v) is 8.24. The smallest absolute Gasteiger partial charge is 0.336 e. The zero-order valence-electron chi connectivity index (χ0n) is 14.6. The molecule has 1 heterocycles. The first kappa shape index (κ1) is 18.2. The molecule has 27 heavy (non-hydrogen) atoms. The van der Waals surface area contributed by atoms with Crippen molar-refractivity contribution in [2.45, 2.75) is 12.5 Å². The summed E-state index contributed by atoms with van der Waals surface area (Å²) in [6.07, 6.45) is 0.0579. The van der Waals surface area contributed by atoms with E-state index in [0.717, 1.165) is 0 Å². The summed E-state index contributed by atoms with van der Waals surface area (Å²) in [5.41, 5.74) is 6.18. The van der Waals surface area contributed by atoms with Crippen LogP contribution in [0.5, 0.6) is 5.75 Å². The predicted octanol–water partition coefficient (Wildman–Crippen LogP) is 1.63. The highest BCUT2D eigenvalue weighted by Crippen LogP contribution is 2.23. The van der Waals surface area contributed by atoms with E-state index in [0.29, 0.717) is 27.8 Å². The van der Waals surface area contributed by atoms with Crippen molar-refractivity contribution in [2.24, 2.45) is 5.73 Å². The number of hydrogen-bond donors (Lipinski definition) is 2. The van der Waals surface area contributed by atoms with Crippen molar-refractivity contribution in [1.82, 2.24) is 5.32 Å². The van der Waals surface area contributed by atoms with Crippen molar-refractivity contribution in [3.8, 4) is 5.75 Å². The molecule has 0 spiro atoms. The van der Waals surface area contributed by atoms with Gasteiger partial charge in [-0.1, -0.05) is 18.2 Å². The second kappa shape index (κ2) is 7.74. The van der Waals surface area contributed by atoms with E-state index >= 15 is 0 Å². The van der Waals surface area contributed by atoms with Crippen LogP contribution in [0.1, 0.15) is 15.9 Å². The maximum absolute atomic E-state index is 12.3. The van der Waals surface area contributed by atoms with Gasteiger partial charge in [-0.05, 0) is 29.8 Å². The standard InChI is InChI=1S/C20H18N2O5/c1-26-14-7-8-15-13(10-18(23)27-17(15)11-14)9-16(19(21)24)22-20(25)12-5-3-2-4-6-12/h2-8,10-11,16H,9H2,1H3,(H2,21,24)(H,22,25)/t16-/m0/s1. The van der Waals surface area contributed by atoms with Crippen molar-refractivity contribution in [3.05, 3.63) is 76.1 Å². The summed E-state index contributed by atoms with van der Waals surface area (Å²) in [5.74, 6) is -0.589. The lowest BCUT2D eigenvalue weighted by atomic mass is 10.0. The average Bonchev–Trinajstić information content (AvgIpc) is 2.67. The molecular weight excluding hydrogens is 348 g/mol. The summed E-state index contributed by atoms with van der Waals surface area (Å²) < 4.78 is 10.3.